The van der Waals surface area contributed by atoms with E-state index < -0.39 is 18.0 Å². The van der Waals surface area contributed by atoms with Gasteiger partial charge in [0.25, 0.3) is 0 Å². The van der Waals surface area contributed by atoms with Crippen LogP contribution in [0.4, 0.5) is 4.79 Å². The standard InChI is InChI=1S/C4H4N2O5S/c1-5-4(9)11-10-3(8)2(7)6-12/h1H3,(H,5,9). The van der Waals surface area contributed by atoms with E-state index in [9.17, 15) is 14.4 Å². The molecule has 0 aliphatic carbocycles. The molecule has 0 aliphatic heterocycles. The monoisotopic (exact) mass is 192 g/mol. The first kappa shape index (κ1) is 10.4. The van der Waals surface area contributed by atoms with E-state index in [-0.39, 0.29) is 0 Å². The molecule has 0 heterocycles. The zero-order valence-electron chi connectivity index (χ0n) is 5.90. The summed E-state index contributed by atoms with van der Waals surface area (Å²) in [5.74, 6) is -2.76. The lowest BCUT2D eigenvalue weighted by Gasteiger charge is -1.97. The maximum Gasteiger partial charge on any atom is 0.450 e. The van der Waals surface area contributed by atoms with Crippen LogP contribution < -0.4 is 5.32 Å². The highest BCUT2D eigenvalue weighted by Crippen LogP contribution is 1.84. The van der Waals surface area contributed by atoms with Crippen molar-refractivity contribution in [3.05, 3.63) is 0 Å². The Hall–Kier alpha value is -1.57. The van der Waals surface area contributed by atoms with Crippen molar-refractivity contribution in [2.75, 3.05) is 7.05 Å². The molecule has 0 aromatic carbocycles. The van der Waals surface area contributed by atoms with Crippen LogP contribution in [-0.2, 0) is 31.8 Å². The highest BCUT2D eigenvalue weighted by molar-refractivity contribution is 7.48. The number of nitrogens with one attached hydrogen (secondary N) is 1. The van der Waals surface area contributed by atoms with E-state index in [4.69, 9.17) is 0 Å². The Labute approximate surface area is 72.1 Å². The predicted molar refractivity (Wildman–Crippen MR) is 36.4 cm³/mol. The third-order valence-corrected chi connectivity index (χ3v) is 0.821. The molecule has 0 unspecified atom stereocenters. The van der Waals surface area contributed by atoms with E-state index in [1.54, 1.807) is 0 Å². The average Bonchev–Trinajstić information content (AvgIpc) is 2.11. The molecule has 2 amide bonds. The van der Waals surface area contributed by atoms with E-state index in [1.165, 1.54) is 7.05 Å². The predicted octanol–water partition coefficient (Wildman–Crippen LogP) is -0.942. The van der Waals surface area contributed by atoms with Gasteiger partial charge in [-0.25, -0.2) is 19.4 Å². The molecule has 0 atom stereocenters. The molecule has 66 valence electrons. The fraction of sp³-hybridized carbons (Fsp3) is 0.250. The first-order valence-electron chi connectivity index (χ1n) is 2.59. The van der Waals surface area contributed by atoms with Gasteiger partial charge in [0.15, 0.2) is 0 Å². The molecule has 8 heteroatoms. The SMILES string of the molecule is CNC(=O)OOC(=O)C(=O)N=S. The lowest BCUT2D eigenvalue weighted by atomic mass is 10.7. The van der Waals surface area contributed by atoms with Crippen molar-refractivity contribution in [1.82, 2.24) is 5.32 Å². The second kappa shape index (κ2) is 5.13. The van der Waals surface area contributed by atoms with Gasteiger partial charge in [-0.3, -0.25) is 4.79 Å². The van der Waals surface area contributed by atoms with Gasteiger partial charge in [-0.2, -0.15) is 0 Å². The van der Waals surface area contributed by atoms with Gasteiger partial charge in [-0.15, -0.1) is 4.36 Å². The Morgan fingerprint density at radius 2 is 1.92 bits per heavy atom. The van der Waals surface area contributed by atoms with Gasteiger partial charge in [0.2, 0.25) is 0 Å². The van der Waals surface area contributed by atoms with E-state index in [2.05, 4.69) is 26.6 Å². The van der Waals surface area contributed by atoms with Crippen LogP contribution >= 0.6 is 0 Å². The minimum absolute atomic E-state index is 1.01. The molecular formula is C4H4N2O5S. The Balaban J connectivity index is 3.79. The van der Waals surface area contributed by atoms with Gasteiger partial charge >= 0.3 is 18.0 Å². The van der Waals surface area contributed by atoms with Crippen molar-refractivity contribution in [3.63, 3.8) is 0 Å². The molecule has 0 saturated carbocycles. The van der Waals surface area contributed by atoms with Crippen LogP contribution in [0.3, 0.4) is 0 Å². The fourth-order valence-corrected chi connectivity index (χ4v) is 0.265. The van der Waals surface area contributed by atoms with Crippen LogP contribution in [0.2, 0.25) is 0 Å². The maximum absolute atomic E-state index is 10.4. The second-order valence-electron chi connectivity index (χ2n) is 1.39. The number of hydrogen-bond donors (Lipinski definition) is 1. The van der Waals surface area contributed by atoms with Gasteiger partial charge in [0.1, 0.15) is 0 Å². The fourth-order valence-electron chi connectivity index (χ4n) is 0.190. The molecular weight excluding hydrogens is 188 g/mol. The number of hydrogen-bond acceptors (Lipinski definition) is 6. The number of amides is 2. The molecule has 7 nitrogen and oxygen atoms in total. The third kappa shape index (κ3) is 3.56. The van der Waals surface area contributed by atoms with Crippen molar-refractivity contribution in [2.45, 2.75) is 0 Å². The van der Waals surface area contributed by atoms with Crippen LogP contribution in [0.25, 0.3) is 0 Å². The topological polar surface area (TPSA) is 94.1 Å². The summed E-state index contributed by atoms with van der Waals surface area (Å²) in [6, 6.07) is 0. The summed E-state index contributed by atoms with van der Waals surface area (Å²) < 4.78 is 2.55. The van der Waals surface area contributed by atoms with Crippen molar-refractivity contribution in [2.24, 2.45) is 4.36 Å². The van der Waals surface area contributed by atoms with Crippen molar-refractivity contribution in [3.8, 4) is 0 Å². The van der Waals surface area contributed by atoms with Crippen molar-refractivity contribution < 1.29 is 24.2 Å². The van der Waals surface area contributed by atoms with Gasteiger partial charge in [0, 0.05) is 19.5 Å². The Morgan fingerprint density at radius 1 is 1.33 bits per heavy atom. The molecule has 0 aliphatic rings. The summed E-state index contributed by atoms with van der Waals surface area (Å²) in [4.78, 5) is 38.3. The molecule has 0 aromatic heterocycles. The molecule has 0 fully saturated rings. The first-order chi connectivity index (χ1) is 5.61. The molecule has 0 bridgehead atoms. The minimum Gasteiger partial charge on any atom is -0.321 e. The summed E-state index contributed by atoms with van der Waals surface area (Å²) >= 11 is 3.88. The van der Waals surface area contributed by atoms with Gasteiger partial charge in [-0.05, 0) is 0 Å². The molecule has 0 radical (unpaired) electrons. The Morgan fingerprint density at radius 3 is 2.33 bits per heavy atom. The van der Waals surface area contributed by atoms with E-state index >= 15 is 0 Å². The minimum atomic E-state index is -1.45. The maximum atomic E-state index is 10.4. The van der Waals surface area contributed by atoms with Gasteiger partial charge in [0.05, 0.1) is 0 Å². The summed E-state index contributed by atoms with van der Waals surface area (Å²) in [6.45, 7) is 0. The second-order valence-corrected chi connectivity index (χ2v) is 1.57. The molecule has 12 heavy (non-hydrogen) atoms. The highest BCUT2D eigenvalue weighted by atomic mass is 32.1. The number of carbonyl (C=O) groups excluding carboxylic acids is 3. The summed E-state index contributed by atoms with van der Waals surface area (Å²) in [5.41, 5.74) is 0. The third-order valence-electron chi connectivity index (χ3n) is 0.655. The molecule has 0 saturated heterocycles. The van der Waals surface area contributed by atoms with Crippen LogP contribution in [0.5, 0.6) is 0 Å². The zero-order chi connectivity index (χ0) is 9.56. The van der Waals surface area contributed by atoms with Crippen molar-refractivity contribution >= 4 is 30.4 Å². The Kier molecular flexibility index (Phi) is 4.46. The zero-order valence-corrected chi connectivity index (χ0v) is 6.71. The van der Waals surface area contributed by atoms with E-state index in [1.807, 2.05) is 5.32 Å². The largest absolute Gasteiger partial charge is 0.450 e. The smallest absolute Gasteiger partial charge is 0.321 e. The number of nitrogens with zero attached hydrogens (tertiary/aromatic N) is 1. The Bertz CT molecular complexity index is 227. The van der Waals surface area contributed by atoms with Crippen LogP contribution in [-0.4, -0.2) is 25.0 Å². The number of carbonyl (C=O) groups is 3. The first-order valence-corrected chi connectivity index (χ1v) is 2.96. The number of rotatable bonds is 0. The summed E-state index contributed by atoms with van der Waals surface area (Å²) in [5, 5.41) is 1.97. The molecule has 0 rings (SSSR count). The van der Waals surface area contributed by atoms with Gasteiger partial charge < -0.3 is 5.32 Å². The molecule has 1 N–H and O–H groups in total. The van der Waals surface area contributed by atoms with Gasteiger partial charge in [-0.1, -0.05) is 0 Å². The highest BCUT2D eigenvalue weighted by Gasteiger charge is 2.17. The molecule has 0 aromatic rings. The molecule has 0 spiro atoms. The normalized spacial score (nSPS) is 8.08. The van der Waals surface area contributed by atoms with Crippen LogP contribution in [0, 0.1) is 0 Å². The van der Waals surface area contributed by atoms with E-state index in [0.29, 0.717) is 0 Å². The lowest BCUT2D eigenvalue weighted by Crippen LogP contribution is -2.23. The van der Waals surface area contributed by atoms with Crippen molar-refractivity contribution in [1.29, 1.82) is 0 Å². The van der Waals surface area contributed by atoms with Crippen LogP contribution in [0.1, 0.15) is 0 Å². The average molecular weight is 192 g/mol. The quantitative estimate of drug-likeness (QED) is 0.302. The summed E-state index contributed by atoms with van der Waals surface area (Å²) in [6.07, 6.45) is -1.01. The van der Waals surface area contributed by atoms with Crippen LogP contribution in [0.15, 0.2) is 4.36 Å². The van der Waals surface area contributed by atoms with E-state index in [0.717, 1.165) is 0 Å². The summed E-state index contributed by atoms with van der Waals surface area (Å²) in [7, 11) is 1.25. The lowest BCUT2D eigenvalue weighted by molar-refractivity contribution is -0.229.